The smallest absolute Gasteiger partial charge is 0.278 e. The largest absolute Gasteiger partial charge is 0.497 e. The van der Waals surface area contributed by atoms with Crippen LogP contribution < -0.4 is 10.1 Å². The molecule has 2 heterocycles. The molecule has 2 aromatic rings. The van der Waals surface area contributed by atoms with E-state index in [0.29, 0.717) is 30.8 Å². The number of carbonyl (C=O) groups excluding carboxylic acids is 2. The maximum absolute atomic E-state index is 13.0. The third-order valence-electron chi connectivity index (χ3n) is 4.27. The third-order valence-corrected chi connectivity index (χ3v) is 5.16. The molecule has 1 aromatic heterocycles. The van der Waals surface area contributed by atoms with Crippen LogP contribution in [0.5, 0.6) is 5.75 Å². The Morgan fingerprint density at radius 1 is 1.11 bits per heavy atom. The minimum Gasteiger partial charge on any atom is -0.497 e. The van der Waals surface area contributed by atoms with Gasteiger partial charge >= 0.3 is 0 Å². The SMILES string of the molecule is COc1ccc(NC2=C(c3cccs3)C(=O)N(CCCOC(C)C)C2=O)cc1. The van der Waals surface area contributed by atoms with Crippen molar-refractivity contribution in [3.05, 3.63) is 52.4 Å². The van der Waals surface area contributed by atoms with Gasteiger partial charge in [0.15, 0.2) is 0 Å². The lowest BCUT2D eigenvalue weighted by molar-refractivity contribution is -0.137. The third kappa shape index (κ3) is 4.43. The number of rotatable bonds is 9. The highest BCUT2D eigenvalue weighted by Gasteiger charge is 2.39. The van der Waals surface area contributed by atoms with Gasteiger partial charge in [-0.05, 0) is 56.0 Å². The van der Waals surface area contributed by atoms with E-state index < -0.39 is 0 Å². The van der Waals surface area contributed by atoms with Gasteiger partial charge in [-0.3, -0.25) is 14.5 Å². The number of ether oxygens (including phenoxy) is 2. The Hall–Kier alpha value is -2.64. The molecule has 6 nitrogen and oxygen atoms in total. The average Bonchev–Trinajstić information content (AvgIpc) is 3.28. The topological polar surface area (TPSA) is 67.9 Å². The fourth-order valence-corrected chi connectivity index (χ4v) is 3.67. The van der Waals surface area contributed by atoms with E-state index in [9.17, 15) is 9.59 Å². The molecule has 1 aliphatic heterocycles. The Balaban J connectivity index is 1.82. The summed E-state index contributed by atoms with van der Waals surface area (Å²) < 4.78 is 10.7. The fourth-order valence-electron chi connectivity index (χ4n) is 2.90. The summed E-state index contributed by atoms with van der Waals surface area (Å²) in [4.78, 5) is 28.1. The van der Waals surface area contributed by atoms with Crippen LogP contribution >= 0.6 is 11.3 Å². The molecular formula is C21H24N2O4S. The van der Waals surface area contributed by atoms with Crippen LogP contribution in [0.25, 0.3) is 5.57 Å². The van der Waals surface area contributed by atoms with Gasteiger partial charge in [-0.15, -0.1) is 11.3 Å². The van der Waals surface area contributed by atoms with Crippen molar-refractivity contribution >= 4 is 34.4 Å². The Kier molecular flexibility index (Phi) is 6.49. The van der Waals surface area contributed by atoms with Crippen LogP contribution in [0.4, 0.5) is 5.69 Å². The molecule has 0 saturated heterocycles. The lowest BCUT2D eigenvalue weighted by Crippen LogP contribution is -2.34. The monoisotopic (exact) mass is 400 g/mol. The van der Waals surface area contributed by atoms with Crippen molar-refractivity contribution in [2.24, 2.45) is 0 Å². The van der Waals surface area contributed by atoms with E-state index in [0.717, 1.165) is 16.3 Å². The molecule has 0 radical (unpaired) electrons. The number of thiophene rings is 1. The molecule has 1 aromatic carbocycles. The number of methoxy groups -OCH3 is 1. The summed E-state index contributed by atoms with van der Waals surface area (Å²) in [6, 6.07) is 11.0. The van der Waals surface area contributed by atoms with E-state index >= 15 is 0 Å². The first kappa shape index (κ1) is 20.1. The van der Waals surface area contributed by atoms with Crippen molar-refractivity contribution in [3.8, 4) is 5.75 Å². The van der Waals surface area contributed by atoms with E-state index in [1.165, 1.54) is 16.2 Å². The second kappa shape index (κ2) is 9.03. The number of anilines is 1. The molecule has 0 saturated carbocycles. The van der Waals surface area contributed by atoms with Gasteiger partial charge in [0.2, 0.25) is 0 Å². The summed E-state index contributed by atoms with van der Waals surface area (Å²) in [5.74, 6) is 0.139. The van der Waals surface area contributed by atoms with Crippen LogP contribution in [0.3, 0.4) is 0 Å². The van der Waals surface area contributed by atoms with E-state index in [-0.39, 0.29) is 17.9 Å². The van der Waals surface area contributed by atoms with Crippen molar-refractivity contribution in [1.29, 1.82) is 0 Å². The van der Waals surface area contributed by atoms with Crippen LogP contribution in [0.1, 0.15) is 25.1 Å². The van der Waals surface area contributed by atoms with E-state index in [1.54, 1.807) is 19.2 Å². The molecule has 1 aliphatic rings. The van der Waals surface area contributed by atoms with Crippen molar-refractivity contribution < 1.29 is 19.1 Å². The van der Waals surface area contributed by atoms with Crippen molar-refractivity contribution in [2.75, 3.05) is 25.6 Å². The Bertz CT molecular complexity index is 857. The zero-order valence-corrected chi connectivity index (χ0v) is 17.0. The molecule has 148 valence electrons. The first-order chi connectivity index (χ1) is 13.5. The lowest BCUT2D eigenvalue weighted by Gasteiger charge is -2.16. The van der Waals surface area contributed by atoms with E-state index in [2.05, 4.69) is 5.32 Å². The van der Waals surface area contributed by atoms with E-state index in [4.69, 9.17) is 9.47 Å². The molecule has 0 bridgehead atoms. The normalized spacial score (nSPS) is 14.4. The average molecular weight is 401 g/mol. The molecule has 1 N–H and O–H groups in total. The second-order valence-corrected chi connectivity index (χ2v) is 7.56. The number of benzene rings is 1. The van der Waals surface area contributed by atoms with Crippen LogP contribution in [0, 0.1) is 0 Å². The number of hydrogen-bond donors (Lipinski definition) is 1. The maximum atomic E-state index is 13.0. The molecule has 3 rings (SSSR count). The minimum absolute atomic E-state index is 0.122. The number of nitrogens with zero attached hydrogens (tertiary/aromatic N) is 1. The van der Waals surface area contributed by atoms with Gasteiger partial charge in [0.1, 0.15) is 11.4 Å². The van der Waals surface area contributed by atoms with Crippen molar-refractivity contribution in [1.82, 2.24) is 4.90 Å². The maximum Gasteiger partial charge on any atom is 0.278 e. The molecule has 0 atom stereocenters. The molecule has 7 heteroatoms. The molecule has 28 heavy (non-hydrogen) atoms. The number of carbonyl (C=O) groups is 2. The first-order valence-corrected chi connectivity index (χ1v) is 10.1. The highest BCUT2D eigenvalue weighted by Crippen LogP contribution is 2.33. The standard InChI is InChI=1S/C21H24N2O4S/c1-14(2)27-12-5-11-23-20(24)18(17-6-4-13-28-17)19(21(23)25)22-15-7-9-16(26-3)10-8-15/h4,6-10,13-14,22H,5,11-12H2,1-3H3. The molecule has 2 amide bonds. The summed E-state index contributed by atoms with van der Waals surface area (Å²) in [6.07, 6.45) is 0.723. The molecule has 0 fully saturated rings. The first-order valence-electron chi connectivity index (χ1n) is 9.18. The van der Waals surface area contributed by atoms with Gasteiger partial charge in [0.05, 0.1) is 18.8 Å². The summed E-state index contributed by atoms with van der Waals surface area (Å²) in [5.41, 5.74) is 1.44. The van der Waals surface area contributed by atoms with Crippen molar-refractivity contribution in [3.63, 3.8) is 0 Å². The van der Waals surface area contributed by atoms with E-state index in [1.807, 2.05) is 43.5 Å². The number of nitrogens with one attached hydrogen (secondary N) is 1. The zero-order valence-electron chi connectivity index (χ0n) is 16.2. The van der Waals surface area contributed by atoms with Crippen LogP contribution in [-0.2, 0) is 14.3 Å². The molecule has 0 aliphatic carbocycles. The number of imide groups is 1. The predicted octanol–water partition coefficient (Wildman–Crippen LogP) is 3.76. The Morgan fingerprint density at radius 3 is 2.46 bits per heavy atom. The fraction of sp³-hybridized carbons (Fsp3) is 0.333. The Labute approximate surface area is 168 Å². The second-order valence-electron chi connectivity index (χ2n) is 6.62. The predicted molar refractivity (Wildman–Crippen MR) is 110 cm³/mol. The highest BCUT2D eigenvalue weighted by atomic mass is 32.1. The minimum atomic E-state index is -0.311. The highest BCUT2D eigenvalue weighted by molar-refractivity contribution is 7.11. The quantitative estimate of drug-likeness (QED) is 0.513. The number of amides is 2. The summed E-state index contributed by atoms with van der Waals surface area (Å²) in [7, 11) is 1.60. The summed E-state index contributed by atoms with van der Waals surface area (Å²) in [5, 5.41) is 5.03. The van der Waals surface area contributed by atoms with Gasteiger partial charge < -0.3 is 14.8 Å². The van der Waals surface area contributed by atoms with Gasteiger partial charge in [-0.25, -0.2) is 0 Å². The van der Waals surface area contributed by atoms with Crippen LogP contribution in [0.2, 0.25) is 0 Å². The van der Waals surface area contributed by atoms with Gasteiger partial charge in [-0.2, -0.15) is 0 Å². The summed E-state index contributed by atoms with van der Waals surface area (Å²) >= 11 is 1.44. The molecule has 0 spiro atoms. The Morgan fingerprint density at radius 2 is 1.86 bits per heavy atom. The van der Waals surface area contributed by atoms with Crippen LogP contribution in [0.15, 0.2) is 47.5 Å². The van der Waals surface area contributed by atoms with Crippen molar-refractivity contribution in [2.45, 2.75) is 26.4 Å². The molecule has 0 unspecified atom stereocenters. The summed E-state index contributed by atoms with van der Waals surface area (Å²) in [6.45, 7) is 4.75. The van der Waals surface area contributed by atoms with Crippen LogP contribution in [-0.4, -0.2) is 43.1 Å². The lowest BCUT2D eigenvalue weighted by atomic mass is 10.2. The van der Waals surface area contributed by atoms with Gasteiger partial charge in [0, 0.05) is 23.7 Å². The van der Waals surface area contributed by atoms with Gasteiger partial charge in [0.25, 0.3) is 11.8 Å². The molecular weight excluding hydrogens is 376 g/mol. The van der Waals surface area contributed by atoms with Gasteiger partial charge in [-0.1, -0.05) is 6.07 Å². The number of hydrogen-bond acceptors (Lipinski definition) is 6. The zero-order chi connectivity index (χ0) is 20.1.